The minimum Gasteiger partial charge on any atom is -0.379 e. The predicted octanol–water partition coefficient (Wildman–Crippen LogP) is 2.22. The standard InChI is InChI=1S/C14H22N2O2S/c1-11-15-12(10-19-11)8-16-5-3-14(4-6-16)7-13(17-2)9-18-14/h10,13H,3-9H2,1-2H3/t13-/m1/s1. The molecule has 0 bridgehead atoms. The average Bonchev–Trinajstić information content (AvgIpc) is 3.00. The minimum absolute atomic E-state index is 0.0924. The lowest BCUT2D eigenvalue weighted by Crippen LogP contribution is -2.43. The normalized spacial score (nSPS) is 27.2. The van der Waals surface area contributed by atoms with Crippen molar-refractivity contribution in [2.24, 2.45) is 0 Å². The first-order valence-corrected chi connectivity index (χ1v) is 7.87. The Balaban J connectivity index is 1.52. The number of nitrogens with zero attached hydrogens (tertiary/aromatic N) is 2. The number of piperidine rings is 1. The van der Waals surface area contributed by atoms with Gasteiger partial charge < -0.3 is 9.47 Å². The van der Waals surface area contributed by atoms with Crippen LogP contribution in [0.4, 0.5) is 0 Å². The van der Waals surface area contributed by atoms with E-state index >= 15 is 0 Å². The Morgan fingerprint density at radius 3 is 2.89 bits per heavy atom. The third-order valence-corrected chi connectivity index (χ3v) is 5.15. The highest BCUT2D eigenvalue weighted by Crippen LogP contribution is 2.37. The molecule has 0 amide bonds. The fourth-order valence-electron chi connectivity index (χ4n) is 3.13. The third-order valence-electron chi connectivity index (χ3n) is 4.33. The molecule has 0 saturated carbocycles. The van der Waals surface area contributed by atoms with Crippen molar-refractivity contribution in [1.82, 2.24) is 9.88 Å². The summed E-state index contributed by atoms with van der Waals surface area (Å²) in [7, 11) is 1.78. The molecule has 2 saturated heterocycles. The molecule has 0 N–H and O–H groups in total. The number of aryl methyl sites for hydroxylation is 1. The van der Waals surface area contributed by atoms with Crippen LogP contribution in [0.25, 0.3) is 0 Å². The summed E-state index contributed by atoms with van der Waals surface area (Å²) < 4.78 is 11.4. The van der Waals surface area contributed by atoms with Crippen LogP contribution in [-0.2, 0) is 16.0 Å². The Hall–Kier alpha value is -0.490. The first-order valence-electron chi connectivity index (χ1n) is 6.99. The lowest BCUT2D eigenvalue weighted by molar-refractivity contribution is -0.0461. The van der Waals surface area contributed by atoms with Gasteiger partial charge in [-0.25, -0.2) is 4.98 Å². The van der Waals surface area contributed by atoms with Crippen LogP contribution in [0.3, 0.4) is 0 Å². The molecule has 0 unspecified atom stereocenters. The molecule has 19 heavy (non-hydrogen) atoms. The van der Waals surface area contributed by atoms with E-state index in [1.54, 1.807) is 18.4 Å². The maximum absolute atomic E-state index is 6.02. The summed E-state index contributed by atoms with van der Waals surface area (Å²) >= 11 is 1.74. The number of thiazole rings is 1. The number of aromatic nitrogens is 1. The van der Waals surface area contributed by atoms with Crippen molar-refractivity contribution in [3.8, 4) is 0 Å². The van der Waals surface area contributed by atoms with Gasteiger partial charge in [-0.15, -0.1) is 11.3 Å². The summed E-state index contributed by atoms with van der Waals surface area (Å²) in [5.74, 6) is 0. The molecule has 4 nitrogen and oxygen atoms in total. The van der Waals surface area contributed by atoms with Gasteiger partial charge in [-0.3, -0.25) is 4.90 Å². The topological polar surface area (TPSA) is 34.6 Å². The van der Waals surface area contributed by atoms with Crippen molar-refractivity contribution in [3.05, 3.63) is 16.1 Å². The Bertz CT molecular complexity index is 427. The lowest BCUT2D eigenvalue weighted by atomic mass is 9.88. The molecule has 1 spiro atoms. The SMILES string of the molecule is CO[C@H]1COC2(CCN(Cc3csc(C)n3)CC2)C1. The first kappa shape index (κ1) is 13.5. The van der Waals surface area contributed by atoms with Gasteiger partial charge in [0.25, 0.3) is 0 Å². The quantitative estimate of drug-likeness (QED) is 0.851. The molecule has 1 atom stereocenters. The van der Waals surface area contributed by atoms with E-state index in [-0.39, 0.29) is 5.60 Å². The Kier molecular flexibility index (Phi) is 3.89. The molecule has 1 aromatic heterocycles. The van der Waals surface area contributed by atoms with Crippen LogP contribution in [0.2, 0.25) is 0 Å². The highest BCUT2D eigenvalue weighted by atomic mass is 32.1. The van der Waals surface area contributed by atoms with E-state index in [0.29, 0.717) is 6.10 Å². The maximum Gasteiger partial charge on any atom is 0.0897 e. The summed E-state index contributed by atoms with van der Waals surface area (Å²) in [4.78, 5) is 7.03. The molecule has 2 fully saturated rings. The maximum atomic E-state index is 6.02. The van der Waals surface area contributed by atoms with Crippen LogP contribution < -0.4 is 0 Å². The number of hydrogen-bond donors (Lipinski definition) is 0. The summed E-state index contributed by atoms with van der Waals surface area (Å²) in [5, 5.41) is 3.33. The van der Waals surface area contributed by atoms with E-state index in [4.69, 9.17) is 9.47 Å². The van der Waals surface area contributed by atoms with Gasteiger partial charge in [0, 0.05) is 38.5 Å². The number of rotatable bonds is 3. The van der Waals surface area contributed by atoms with Gasteiger partial charge in [-0.2, -0.15) is 0 Å². The van der Waals surface area contributed by atoms with Crippen LogP contribution in [0.15, 0.2) is 5.38 Å². The van der Waals surface area contributed by atoms with Crippen molar-refractivity contribution in [2.75, 3.05) is 26.8 Å². The number of hydrogen-bond acceptors (Lipinski definition) is 5. The molecular weight excluding hydrogens is 260 g/mol. The monoisotopic (exact) mass is 282 g/mol. The molecular formula is C14H22N2O2S. The first-order chi connectivity index (χ1) is 9.19. The second kappa shape index (κ2) is 5.48. The van der Waals surface area contributed by atoms with E-state index in [9.17, 15) is 0 Å². The van der Waals surface area contributed by atoms with Crippen LogP contribution in [-0.4, -0.2) is 48.4 Å². The van der Waals surface area contributed by atoms with Gasteiger partial charge in [0.1, 0.15) is 0 Å². The van der Waals surface area contributed by atoms with E-state index in [2.05, 4.69) is 22.2 Å². The van der Waals surface area contributed by atoms with E-state index in [0.717, 1.165) is 50.5 Å². The van der Waals surface area contributed by atoms with Gasteiger partial charge in [0.2, 0.25) is 0 Å². The van der Waals surface area contributed by atoms with Crippen LogP contribution in [0.1, 0.15) is 30.0 Å². The second-order valence-electron chi connectivity index (χ2n) is 5.69. The van der Waals surface area contributed by atoms with Gasteiger partial charge >= 0.3 is 0 Å². The summed E-state index contributed by atoms with van der Waals surface area (Å²) in [6.45, 7) is 6.02. The van der Waals surface area contributed by atoms with Crippen LogP contribution >= 0.6 is 11.3 Å². The third kappa shape index (κ3) is 2.99. The van der Waals surface area contributed by atoms with Crippen molar-refractivity contribution in [3.63, 3.8) is 0 Å². The average molecular weight is 282 g/mol. The molecule has 106 valence electrons. The summed E-state index contributed by atoms with van der Waals surface area (Å²) in [5.41, 5.74) is 1.30. The van der Waals surface area contributed by atoms with Crippen LogP contribution in [0, 0.1) is 6.92 Å². The molecule has 3 heterocycles. The largest absolute Gasteiger partial charge is 0.379 e. The molecule has 0 aromatic carbocycles. The Morgan fingerprint density at radius 2 is 2.32 bits per heavy atom. The molecule has 3 rings (SSSR count). The van der Waals surface area contributed by atoms with E-state index in [1.165, 1.54) is 5.69 Å². The fraction of sp³-hybridized carbons (Fsp3) is 0.786. The van der Waals surface area contributed by atoms with Crippen molar-refractivity contribution in [1.29, 1.82) is 0 Å². The molecule has 5 heteroatoms. The van der Waals surface area contributed by atoms with Crippen molar-refractivity contribution < 1.29 is 9.47 Å². The van der Waals surface area contributed by atoms with Crippen molar-refractivity contribution in [2.45, 2.75) is 44.4 Å². The zero-order chi connectivity index (χ0) is 13.3. The molecule has 0 radical (unpaired) electrons. The van der Waals surface area contributed by atoms with Crippen LogP contribution in [0.5, 0.6) is 0 Å². The second-order valence-corrected chi connectivity index (χ2v) is 6.75. The molecule has 2 aliphatic rings. The zero-order valence-electron chi connectivity index (χ0n) is 11.7. The molecule has 0 aliphatic carbocycles. The number of methoxy groups -OCH3 is 1. The summed E-state index contributed by atoms with van der Waals surface area (Å²) in [6, 6.07) is 0. The summed E-state index contributed by atoms with van der Waals surface area (Å²) in [6.07, 6.45) is 3.60. The minimum atomic E-state index is 0.0924. The lowest BCUT2D eigenvalue weighted by Gasteiger charge is -2.38. The predicted molar refractivity (Wildman–Crippen MR) is 75.5 cm³/mol. The highest BCUT2D eigenvalue weighted by molar-refractivity contribution is 7.09. The number of ether oxygens (including phenoxy) is 2. The number of likely N-dealkylation sites (tertiary alicyclic amines) is 1. The van der Waals surface area contributed by atoms with Gasteiger partial charge in [-0.05, 0) is 19.8 Å². The Labute approximate surface area is 118 Å². The highest BCUT2D eigenvalue weighted by Gasteiger charge is 2.42. The van der Waals surface area contributed by atoms with Gasteiger partial charge in [-0.1, -0.05) is 0 Å². The molecule has 1 aromatic rings. The Morgan fingerprint density at radius 1 is 1.53 bits per heavy atom. The zero-order valence-corrected chi connectivity index (χ0v) is 12.5. The van der Waals surface area contributed by atoms with Gasteiger partial charge in [0.15, 0.2) is 0 Å². The van der Waals surface area contributed by atoms with E-state index < -0.39 is 0 Å². The van der Waals surface area contributed by atoms with E-state index in [1.807, 2.05) is 0 Å². The molecule has 2 aliphatic heterocycles. The van der Waals surface area contributed by atoms with Crippen molar-refractivity contribution >= 4 is 11.3 Å². The smallest absolute Gasteiger partial charge is 0.0897 e. The fourth-order valence-corrected chi connectivity index (χ4v) is 3.73. The van der Waals surface area contributed by atoms with Gasteiger partial charge in [0.05, 0.1) is 29.0 Å².